The highest BCUT2D eigenvalue weighted by atomic mass is 16.5. The third-order valence-corrected chi connectivity index (χ3v) is 8.55. The van der Waals surface area contributed by atoms with Crippen molar-refractivity contribution in [3.8, 4) is 11.5 Å². The van der Waals surface area contributed by atoms with Gasteiger partial charge < -0.3 is 40.7 Å². The summed E-state index contributed by atoms with van der Waals surface area (Å²) in [4.78, 5) is 82.6. The number of carbonyl (C=O) groups excluding carboxylic acids is 3. The second-order valence-corrected chi connectivity index (χ2v) is 13.3. The number of hydrogen-bond donors (Lipinski definition) is 6. The molecule has 1 fully saturated rings. The molecule has 2 aromatic heterocycles. The van der Waals surface area contributed by atoms with E-state index in [0.29, 0.717) is 49.8 Å². The maximum Gasteiger partial charge on any atom is 0.317 e. The Kier molecular flexibility index (Phi) is 21.5. The zero-order valence-corrected chi connectivity index (χ0v) is 32.7. The second-order valence-electron chi connectivity index (χ2n) is 13.3. The zero-order chi connectivity index (χ0) is 42.1. The summed E-state index contributed by atoms with van der Waals surface area (Å²) in [7, 11) is 0. The predicted molar refractivity (Wildman–Crippen MR) is 204 cm³/mol. The normalized spacial score (nSPS) is 15.1. The van der Waals surface area contributed by atoms with E-state index in [1.165, 1.54) is 6.20 Å². The lowest BCUT2D eigenvalue weighted by Crippen LogP contribution is -2.50. The van der Waals surface area contributed by atoms with Crippen LogP contribution in [0.1, 0.15) is 25.1 Å². The Hall–Kier alpha value is -5.33. The Morgan fingerprint density at radius 2 is 1.05 bits per heavy atom. The van der Waals surface area contributed by atoms with Gasteiger partial charge in [-0.1, -0.05) is 0 Å². The smallest absolute Gasteiger partial charge is 0.317 e. The number of pyridine rings is 1. The quantitative estimate of drug-likeness (QED) is 0.0631. The van der Waals surface area contributed by atoms with Gasteiger partial charge in [-0.3, -0.25) is 53.4 Å². The summed E-state index contributed by atoms with van der Waals surface area (Å²) in [6.07, 6.45) is 2.15. The van der Waals surface area contributed by atoms with Gasteiger partial charge in [0.1, 0.15) is 5.69 Å². The van der Waals surface area contributed by atoms with Crippen molar-refractivity contribution in [2.75, 3.05) is 123 Å². The Morgan fingerprint density at radius 3 is 1.50 bits per heavy atom. The molecule has 1 saturated heterocycles. The summed E-state index contributed by atoms with van der Waals surface area (Å²) in [6, 6.07) is 3.30. The van der Waals surface area contributed by atoms with E-state index >= 15 is 0 Å². The average molecular weight is 819 g/mol. The van der Waals surface area contributed by atoms with Crippen LogP contribution < -0.4 is 16.0 Å². The number of nitrogens with zero attached hydrogens (tertiary/aromatic N) is 9. The molecular weight excluding hydrogens is 764 g/mol. The number of aromatic nitrogens is 5. The van der Waals surface area contributed by atoms with Gasteiger partial charge in [0, 0.05) is 78.3 Å². The lowest BCUT2D eigenvalue weighted by molar-refractivity contribution is -0.140. The van der Waals surface area contributed by atoms with Crippen molar-refractivity contribution in [2.24, 2.45) is 0 Å². The highest BCUT2D eigenvalue weighted by molar-refractivity contribution is 5.91. The largest absolute Gasteiger partial charge is 0.480 e. The summed E-state index contributed by atoms with van der Waals surface area (Å²) in [5.74, 6) is -3.11. The molecule has 23 nitrogen and oxygen atoms in total. The Morgan fingerprint density at radius 1 is 0.603 bits per heavy atom. The number of ether oxygens (including phenoxy) is 2. The molecule has 58 heavy (non-hydrogen) atoms. The molecule has 0 unspecified atom stereocenters. The van der Waals surface area contributed by atoms with Crippen molar-refractivity contribution in [1.82, 2.24) is 55.6 Å². The molecule has 0 radical (unpaired) electrons. The second kappa shape index (κ2) is 26.6. The average Bonchev–Trinajstić information content (AvgIpc) is 3.16. The van der Waals surface area contributed by atoms with Crippen molar-refractivity contribution < 1.29 is 53.6 Å². The van der Waals surface area contributed by atoms with Crippen LogP contribution in [0.3, 0.4) is 0 Å². The van der Waals surface area contributed by atoms with Crippen LogP contribution in [-0.2, 0) is 38.2 Å². The first kappa shape index (κ1) is 47.0. The monoisotopic (exact) mass is 818 g/mol. The summed E-state index contributed by atoms with van der Waals surface area (Å²) in [6.45, 7) is 4.92. The van der Waals surface area contributed by atoms with Crippen molar-refractivity contribution in [3.63, 3.8) is 0 Å². The summed E-state index contributed by atoms with van der Waals surface area (Å²) >= 11 is 0. The molecule has 3 amide bonds. The summed E-state index contributed by atoms with van der Waals surface area (Å²) in [5.41, 5.74) is 0.955. The van der Waals surface area contributed by atoms with E-state index in [1.807, 2.05) is 4.90 Å². The van der Waals surface area contributed by atoms with Crippen LogP contribution >= 0.6 is 0 Å². The van der Waals surface area contributed by atoms with E-state index in [4.69, 9.17) is 9.47 Å². The van der Waals surface area contributed by atoms with E-state index in [0.717, 1.165) is 0 Å². The lowest BCUT2D eigenvalue weighted by atomic mass is 10.2. The zero-order valence-electron chi connectivity index (χ0n) is 32.7. The third-order valence-electron chi connectivity index (χ3n) is 8.55. The van der Waals surface area contributed by atoms with Crippen LogP contribution in [0.25, 0.3) is 11.5 Å². The first-order valence-electron chi connectivity index (χ1n) is 18.9. The highest BCUT2D eigenvalue weighted by Gasteiger charge is 2.21. The van der Waals surface area contributed by atoms with Gasteiger partial charge in [0.2, 0.25) is 23.5 Å². The van der Waals surface area contributed by atoms with Gasteiger partial charge >= 0.3 is 17.9 Å². The fourth-order valence-corrected chi connectivity index (χ4v) is 5.59. The molecule has 6 N–H and O–H groups in total. The number of amides is 3. The minimum Gasteiger partial charge on any atom is -0.480 e. The molecule has 2 aromatic rings. The molecule has 1 aliphatic rings. The van der Waals surface area contributed by atoms with Crippen LogP contribution in [0.5, 0.6) is 0 Å². The van der Waals surface area contributed by atoms with Gasteiger partial charge in [0.15, 0.2) is 5.82 Å². The van der Waals surface area contributed by atoms with Crippen LogP contribution in [0.2, 0.25) is 0 Å². The number of rotatable bonds is 23. The van der Waals surface area contributed by atoms with E-state index in [1.54, 1.807) is 33.8 Å². The van der Waals surface area contributed by atoms with E-state index in [-0.39, 0.29) is 128 Å². The fourth-order valence-electron chi connectivity index (χ4n) is 5.59. The number of carboxylic acid groups (broad SMARTS) is 3. The number of aryl methyl sites for hydroxylation is 1. The summed E-state index contributed by atoms with van der Waals surface area (Å²) in [5, 5.41) is 51.9. The number of nitrogens with one attached hydrogen (secondary N) is 3. The lowest BCUT2D eigenvalue weighted by Gasteiger charge is -2.32. The van der Waals surface area contributed by atoms with Gasteiger partial charge in [-0.2, -0.15) is 0 Å². The van der Waals surface area contributed by atoms with Gasteiger partial charge in [-0.15, -0.1) is 20.4 Å². The molecular formula is C35H54N12O11. The first-order chi connectivity index (χ1) is 27.9. The number of carbonyl (C=O) groups is 6. The van der Waals surface area contributed by atoms with Crippen LogP contribution in [0, 0.1) is 6.92 Å². The Labute approximate surface area is 335 Å². The topological polar surface area (TPSA) is 295 Å². The number of carboxylic acids is 3. The van der Waals surface area contributed by atoms with Crippen LogP contribution in [0.4, 0.5) is 5.69 Å². The van der Waals surface area contributed by atoms with Gasteiger partial charge in [0.05, 0.1) is 64.5 Å². The maximum atomic E-state index is 12.8. The highest BCUT2D eigenvalue weighted by Crippen LogP contribution is 2.14. The van der Waals surface area contributed by atoms with Gasteiger partial charge in [-0.25, -0.2) is 0 Å². The van der Waals surface area contributed by atoms with Gasteiger partial charge in [0.25, 0.3) is 0 Å². The maximum absolute atomic E-state index is 12.8. The van der Waals surface area contributed by atoms with E-state index in [9.17, 15) is 44.1 Å². The summed E-state index contributed by atoms with van der Waals surface area (Å²) < 4.78 is 11.0. The number of hydrogen-bond acceptors (Lipinski definition) is 17. The van der Waals surface area contributed by atoms with Crippen LogP contribution in [0.15, 0.2) is 18.3 Å². The fraction of sp³-hybridized carbons (Fsp3) is 0.629. The van der Waals surface area contributed by atoms with Gasteiger partial charge in [-0.05, 0) is 25.5 Å². The molecule has 3 rings (SSSR count). The molecule has 23 heteroatoms. The van der Waals surface area contributed by atoms with Crippen molar-refractivity contribution in [1.29, 1.82) is 0 Å². The van der Waals surface area contributed by atoms with Crippen molar-refractivity contribution in [3.05, 3.63) is 24.2 Å². The van der Waals surface area contributed by atoms with E-state index < -0.39 is 17.9 Å². The number of anilines is 1. The molecule has 0 saturated carbocycles. The standard InChI is InChI=1S/C35H54N12O11/c1-26-40-42-35(43-41-26)28-6-5-27(21-38-28)39-30(49)4-2-3-29(48)36-7-17-57-19-20-58-18-8-37-31(50)22-44-9-11-45(23-32(51)52)13-15-47(25-34(55)56)16-14-46(12-10-44)24-33(53)54/h5-6,21H,2-4,7-20,22-25H2,1H3,(H,36,48)(H,37,50)(H,39,49)(H,51,52)(H,53,54)(H,55,56). The molecule has 0 bridgehead atoms. The first-order valence-corrected chi connectivity index (χ1v) is 18.9. The minimum atomic E-state index is -1.03. The Balaban J connectivity index is 1.25. The molecule has 1 aliphatic heterocycles. The molecule has 0 aromatic carbocycles. The Bertz CT molecular complexity index is 1570. The van der Waals surface area contributed by atoms with E-state index in [2.05, 4.69) is 41.3 Å². The van der Waals surface area contributed by atoms with Crippen molar-refractivity contribution >= 4 is 41.3 Å². The molecule has 320 valence electrons. The predicted octanol–water partition coefficient (Wildman–Crippen LogP) is -2.51. The molecule has 0 atom stereocenters. The number of aliphatic carboxylic acids is 3. The SMILES string of the molecule is Cc1nnc(-c2ccc(NC(=O)CCCC(=O)NCCOCCOCCNC(=O)CN3CCN(CC(=O)O)CCN(CC(=O)O)CCN(CC(=O)O)CC3)cn2)nn1. The minimum absolute atomic E-state index is 0.00371. The molecule has 3 heterocycles. The third kappa shape index (κ3) is 20.7. The van der Waals surface area contributed by atoms with Crippen LogP contribution in [-0.4, -0.2) is 214 Å². The molecule has 0 aliphatic carbocycles. The van der Waals surface area contributed by atoms with Crippen molar-refractivity contribution in [2.45, 2.75) is 26.2 Å². The molecule has 0 spiro atoms.